The highest BCUT2D eigenvalue weighted by Crippen LogP contribution is 2.30. The van der Waals surface area contributed by atoms with Crippen LogP contribution < -0.4 is 14.4 Å². The van der Waals surface area contributed by atoms with Crippen LogP contribution in [0.25, 0.3) is 0 Å². The van der Waals surface area contributed by atoms with E-state index in [1.807, 2.05) is 0 Å². The highest BCUT2D eigenvalue weighted by atomic mass is 35.5. The van der Waals surface area contributed by atoms with Crippen molar-refractivity contribution in [2.45, 2.75) is 0 Å². The molecule has 9 heteroatoms. The van der Waals surface area contributed by atoms with Crippen molar-refractivity contribution >= 4 is 50.5 Å². The number of sulfonamides is 1. The Kier molecular flexibility index (Phi) is 5.82. The third kappa shape index (κ3) is 4.56. The van der Waals surface area contributed by atoms with Gasteiger partial charge in [0.25, 0.3) is 5.91 Å². The SMILES string of the molecule is COc1ccc(Cl)cc1NC(=O)c1ccc(Cl)c(N(C)S(C)(=O)=O)c1. The average Bonchev–Trinajstić information content (AvgIpc) is 2.54. The van der Waals surface area contributed by atoms with Gasteiger partial charge in [0.15, 0.2) is 0 Å². The smallest absolute Gasteiger partial charge is 0.255 e. The largest absolute Gasteiger partial charge is 0.495 e. The van der Waals surface area contributed by atoms with Crippen molar-refractivity contribution in [2.24, 2.45) is 0 Å². The van der Waals surface area contributed by atoms with Crippen LogP contribution in [-0.4, -0.2) is 34.7 Å². The number of methoxy groups -OCH3 is 1. The van der Waals surface area contributed by atoms with E-state index in [4.69, 9.17) is 27.9 Å². The number of carbonyl (C=O) groups is 1. The van der Waals surface area contributed by atoms with Crippen molar-refractivity contribution < 1.29 is 17.9 Å². The number of benzene rings is 2. The average molecular weight is 403 g/mol. The quantitative estimate of drug-likeness (QED) is 0.827. The standard InChI is InChI=1S/C16H16Cl2N2O4S/c1-20(25(3,22)23)14-8-10(4-6-12(14)18)16(21)19-13-9-11(17)5-7-15(13)24-2/h4-9H,1-3H3,(H,19,21). The Balaban J connectivity index is 2.37. The molecule has 0 unspecified atom stereocenters. The van der Waals surface area contributed by atoms with Crippen LogP contribution >= 0.6 is 23.2 Å². The van der Waals surface area contributed by atoms with E-state index in [9.17, 15) is 13.2 Å². The summed E-state index contributed by atoms with van der Waals surface area (Å²) in [5.41, 5.74) is 0.833. The molecule has 2 rings (SSSR count). The molecule has 0 aliphatic heterocycles. The van der Waals surface area contributed by atoms with E-state index in [-0.39, 0.29) is 16.3 Å². The number of hydrogen-bond donors (Lipinski definition) is 1. The van der Waals surface area contributed by atoms with E-state index in [1.54, 1.807) is 18.2 Å². The lowest BCUT2D eigenvalue weighted by Crippen LogP contribution is -2.25. The molecule has 2 aromatic carbocycles. The number of anilines is 2. The van der Waals surface area contributed by atoms with Crippen LogP contribution in [0.4, 0.5) is 11.4 Å². The summed E-state index contributed by atoms with van der Waals surface area (Å²) in [5, 5.41) is 3.33. The normalized spacial score (nSPS) is 11.1. The van der Waals surface area contributed by atoms with Gasteiger partial charge in [-0.25, -0.2) is 8.42 Å². The zero-order valence-electron chi connectivity index (χ0n) is 13.7. The Labute approximate surface area is 156 Å². The first kappa shape index (κ1) is 19.4. The lowest BCUT2D eigenvalue weighted by atomic mass is 10.1. The van der Waals surface area contributed by atoms with Gasteiger partial charge in [0, 0.05) is 17.6 Å². The highest BCUT2D eigenvalue weighted by molar-refractivity contribution is 7.92. The second kappa shape index (κ2) is 7.51. The molecule has 0 saturated carbocycles. The van der Waals surface area contributed by atoms with E-state index in [2.05, 4.69) is 5.32 Å². The van der Waals surface area contributed by atoms with Crippen LogP contribution in [0.15, 0.2) is 36.4 Å². The molecule has 1 amide bonds. The second-order valence-electron chi connectivity index (χ2n) is 5.20. The van der Waals surface area contributed by atoms with E-state index in [1.165, 1.54) is 32.4 Å². The minimum absolute atomic E-state index is 0.204. The van der Waals surface area contributed by atoms with Crippen molar-refractivity contribution in [2.75, 3.05) is 30.0 Å². The number of nitrogens with one attached hydrogen (secondary N) is 1. The molecule has 0 fully saturated rings. The lowest BCUT2D eigenvalue weighted by Gasteiger charge is -2.19. The Hall–Kier alpha value is -1.96. The van der Waals surface area contributed by atoms with Gasteiger partial charge >= 0.3 is 0 Å². The molecule has 0 aliphatic carbocycles. The number of ether oxygens (including phenoxy) is 1. The fourth-order valence-corrected chi connectivity index (χ4v) is 3.02. The van der Waals surface area contributed by atoms with Crippen molar-refractivity contribution in [1.29, 1.82) is 0 Å². The lowest BCUT2D eigenvalue weighted by molar-refractivity contribution is 0.102. The van der Waals surface area contributed by atoms with Crippen LogP contribution in [0.3, 0.4) is 0 Å². The zero-order valence-corrected chi connectivity index (χ0v) is 16.0. The molecule has 0 bridgehead atoms. The highest BCUT2D eigenvalue weighted by Gasteiger charge is 2.18. The maximum absolute atomic E-state index is 12.5. The van der Waals surface area contributed by atoms with Gasteiger partial charge in [-0.05, 0) is 36.4 Å². The third-order valence-corrected chi connectivity index (χ3v) is 5.20. The zero-order chi connectivity index (χ0) is 18.8. The Bertz CT molecular complexity index is 916. The number of hydrogen-bond acceptors (Lipinski definition) is 4. The van der Waals surface area contributed by atoms with Crippen molar-refractivity contribution in [3.05, 3.63) is 52.0 Å². The number of halogens is 2. The maximum atomic E-state index is 12.5. The summed E-state index contributed by atoms with van der Waals surface area (Å²) in [7, 11) is -0.684. The van der Waals surface area contributed by atoms with Gasteiger partial charge in [-0.15, -0.1) is 0 Å². The molecule has 0 atom stereocenters. The number of carbonyl (C=O) groups excluding carboxylic acids is 1. The first-order valence-corrected chi connectivity index (χ1v) is 9.62. The first-order valence-electron chi connectivity index (χ1n) is 7.02. The van der Waals surface area contributed by atoms with E-state index >= 15 is 0 Å². The van der Waals surface area contributed by atoms with Crippen molar-refractivity contribution in [3.8, 4) is 5.75 Å². The minimum Gasteiger partial charge on any atom is -0.495 e. The van der Waals surface area contributed by atoms with Crippen molar-refractivity contribution in [3.63, 3.8) is 0 Å². The van der Waals surface area contributed by atoms with Crippen LogP contribution in [-0.2, 0) is 10.0 Å². The molecule has 25 heavy (non-hydrogen) atoms. The van der Waals surface area contributed by atoms with Gasteiger partial charge in [0.1, 0.15) is 5.75 Å². The van der Waals surface area contributed by atoms with E-state index < -0.39 is 15.9 Å². The van der Waals surface area contributed by atoms with Gasteiger partial charge in [0.2, 0.25) is 10.0 Å². The van der Waals surface area contributed by atoms with Crippen LogP contribution in [0.5, 0.6) is 5.75 Å². The number of rotatable bonds is 5. The minimum atomic E-state index is -3.52. The number of nitrogens with zero attached hydrogens (tertiary/aromatic N) is 1. The summed E-state index contributed by atoms with van der Waals surface area (Å²) in [6.45, 7) is 0. The van der Waals surface area contributed by atoms with Crippen LogP contribution in [0.2, 0.25) is 10.0 Å². The molecule has 0 saturated heterocycles. The molecular formula is C16H16Cl2N2O4S. The summed E-state index contributed by atoms with van der Waals surface area (Å²) in [4.78, 5) is 12.5. The van der Waals surface area contributed by atoms with Gasteiger partial charge < -0.3 is 10.1 Å². The molecule has 0 aromatic heterocycles. The molecule has 2 aromatic rings. The molecule has 1 N–H and O–H groups in total. The predicted molar refractivity (Wildman–Crippen MR) is 101 cm³/mol. The Morgan fingerprint density at radius 2 is 1.84 bits per heavy atom. The van der Waals surface area contributed by atoms with Crippen LogP contribution in [0.1, 0.15) is 10.4 Å². The van der Waals surface area contributed by atoms with Crippen LogP contribution in [0, 0.1) is 0 Å². The molecule has 0 aliphatic rings. The Morgan fingerprint density at radius 3 is 2.44 bits per heavy atom. The topological polar surface area (TPSA) is 75.7 Å². The monoisotopic (exact) mass is 402 g/mol. The van der Waals surface area contributed by atoms with E-state index in [0.29, 0.717) is 16.5 Å². The molecule has 0 spiro atoms. The van der Waals surface area contributed by atoms with Crippen molar-refractivity contribution in [1.82, 2.24) is 0 Å². The third-order valence-electron chi connectivity index (χ3n) is 3.45. The maximum Gasteiger partial charge on any atom is 0.255 e. The van der Waals surface area contributed by atoms with Gasteiger partial charge in [-0.3, -0.25) is 9.10 Å². The fourth-order valence-electron chi connectivity index (χ4n) is 2.05. The summed E-state index contributed by atoms with van der Waals surface area (Å²) >= 11 is 12.0. The predicted octanol–water partition coefficient (Wildman–Crippen LogP) is 3.65. The first-order chi connectivity index (χ1) is 11.6. The molecule has 0 heterocycles. The molecule has 0 radical (unpaired) electrons. The molecule has 134 valence electrons. The van der Waals surface area contributed by atoms with E-state index in [0.717, 1.165) is 10.6 Å². The molecular weight excluding hydrogens is 387 g/mol. The summed E-state index contributed by atoms with van der Waals surface area (Å²) in [6, 6.07) is 9.17. The summed E-state index contributed by atoms with van der Waals surface area (Å²) in [6.07, 6.45) is 1.05. The number of amides is 1. The van der Waals surface area contributed by atoms with Gasteiger partial charge in [-0.2, -0.15) is 0 Å². The summed E-state index contributed by atoms with van der Waals surface area (Å²) in [5.74, 6) is -0.0134. The Morgan fingerprint density at radius 1 is 1.16 bits per heavy atom. The fraction of sp³-hybridized carbons (Fsp3) is 0.188. The summed E-state index contributed by atoms with van der Waals surface area (Å²) < 4.78 is 29.6. The van der Waals surface area contributed by atoms with Gasteiger partial charge in [-0.1, -0.05) is 23.2 Å². The van der Waals surface area contributed by atoms with Gasteiger partial charge in [0.05, 0.1) is 29.8 Å². The molecule has 6 nitrogen and oxygen atoms in total. The second-order valence-corrected chi connectivity index (χ2v) is 8.05.